The monoisotopic (exact) mass is 519 g/mol. The van der Waals surface area contributed by atoms with Gasteiger partial charge in [0.1, 0.15) is 0 Å². The van der Waals surface area contributed by atoms with E-state index in [2.05, 4.69) is 26.1 Å². The van der Waals surface area contributed by atoms with Crippen LogP contribution in [0.5, 0.6) is 0 Å². The number of rotatable bonds is 9. The van der Waals surface area contributed by atoms with E-state index in [0.717, 1.165) is 30.4 Å². The number of benzene rings is 1. The molecule has 0 radical (unpaired) electrons. The van der Waals surface area contributed by atoms with Crippen LogP contribution in [0.2, 0.25) is 0 Å². The maximum Gasteiger partial charge on any atom is 0.416 e. The predicted molar refractivity (Wildman–Crippen MR) is 133 cm³/mol. The molecule has 0 aliphatic carbocycles. The molecular formula is C25H29F4N7O. The lowest BCUT2D eigenvalue weighted by molar-refractivity contribution is -0.137. The van der Waals surface area contributed by atoms with Crippen molar-refractivity contribution in [2.45, 2.75) is 38.9 Å². The Balaban J connectivity index is 1.45. The van der Waals surface area contributed by atoms with Crippen molar-refractivity contribution in [3.05, 3.63) is 65.4 Å². The minimum Gasteiger partial charge on any atom is -0.378 e. The van der Waals surface area contributed by atoms with E-state index < -0.39 is 17.6 Å². The van der Waals surface area contributed by atoms with Gasteiger partial charge in [-0.25, -0.2) is 14.8 Å². The Labute approximate surface area is 212 Å². The first kappa shape index (κ1) is 26.6. The zero-order valence-electron chi connectivity index (χ0n) is 20.6. The fourth-order valence-electron chi connectivity index (χ4n) is 3.89. The van der Waals surface area contributed by atoms with Gasteiger partial charge in [-0.05, 0) is 43.7 Å². The smallest absolute Gasteiger partial charge is 0.378 e. The van der Waals surface area contributed by atoms with E-state index >= 15 is 0 Å². The number of nitrogens with one attached hydrogen (secondary N) is 3. The number of anilines is 4. The van der Waals surface area contributed by atoms with Crippen molar-refractivity contribution < 1.29 is 22.3 Å². The third kappa shape index (κ3) is 6.83. The molecule has 3 aromatic rings. The topological polar surface area (TPSA) is 87.2 Å². The second kappa shape index (κ2) is 11.7. The minimum atomic E-state index is -4.42. The molecule has 1 unspecified atom stereocenters. The van der Waals surface area contributed by atoms with Gasteiger partial charge in [0.15, 0.2) is 11.6 Å². The van der Waals surface area contributed by atoms with E-state index in [-0.39, 0.29) is 17.8 Å². The molecule has 3 N–H and O–H groups in total. The van der Waals surface area contributed by atoms with E-state index in [1.807, 2.05) is 18.7 Å². The Morgan fingerprint density at radius 2 is 1.89 bits per heavy atom. The Bertz CT molecular complexity index is 1200. The number of ether oxygens (including phenoxy) is 1. The number of aromatic nitrogens is 3. The van der Waals surface area contributed by atoms with Crippen LogP contribution in [0.1, 0.15) is 43.3 Å². The highest BCUT2D eigenvalue weighted by Crippen LogP contribution is 2.32. The van der Waals surface area contributed by atoms with Crippen molar-refractivity contribution in [1.29, 1.82) is 0 Å². The zero-order chi connectivity index (χ0) is 26.4. The van der Waals surface area contributed by atoms with E-state index in [9.17, 15) is 17.6 Å². The number of morpholine rings is 1. The molecule has 8 nitrogen and oxygen atoms in total. The summed E-state index contributed by atoms with van der Waals surface area (Å²) < 4.78 is 58.9. The van der Waals surface area contributed by atoms with Crippen LogP contribution >= 0.6 is 0 Å². The van der Waals surface area contributed by atoms with Crippen LogP contribution in [0.4, 0.5) is 40.7 Å². The maximum absolute atomic E-state index is 14.3. The maximum atomic E-state index is 14.3. The third-order valence-corrected chi connectivity index (χ3v) is 5.83. The summed E-state index contributed by atoms with van der Waals surface area (Å²) in [5, 5.41) is 3.07. The minimum absolute atomic E-state index is 0.212. The molecule has 0 bridgehead atoms. The van der Waals surface area contributed by atoms with Crippen LogP contribution in [0.25, 0.3) is 0 Å². The Morgan fingerprint density at radius 1 is 1.11 bits per heavy atom. The summed E-state index contributed by atoms with van der Waals surface area (Å²) >= 11 is 0. The summed E-state index contributed by atoms with van der Waals surface area (Å²) in [5.74, 6) is -0.0785. The number of hydrogen-bond donors (Lipinski definition) is 3. The van der Waals surface area contributed by atoms with Gasteiger partial charge in [0.05, 0.1) is 48.1 Å². The fourth-order valence-corrected chi connectivity index (χ4v) is 3.89. The predicted octanol–water partition coefficient (Wildman–Crippen LogP) is 5.24. The summed E-state index contributed by atoms with van der Waals surface area (Å²) in [5.41, 5.74) is 7.69. The van der Waals surface area contributed by atoms with E-state index in [1.165, 1.54) is 6.07 Å². The Kier molecular flexibility index (Phi) is 8.39. The molecule has 0 saturated carbocycles. The zero-order valence-corrected chi connectivity index (χ0v) is 20.6. The van der Waals surface area contributed by atoms with Gasteiger partial charge in [-0.15, -0.1) is 0 Å². The molecule has 0 amide bonds. The van der Waals surface area contributed by atoms with E-state index in [1.54, 1.807) is 18.2 Å². The van der Waals surface area contributed by atoms with E-state index in [0.29, 0.717) is 49.8 Å². The highest BCUT2D eigenvalue weighted by atomic mass is 19.4. The number of alkyl halides is 3. The largest absolute Gasteiger partial charge is 0.416 e. The lowest BCUT2D eigenvalue weighted by Crippen LogP contribution is -2.37. The van der Waals surface area contributed by atoms with Crippen molar-refractivity contribution in [1.82, 2.24) is 20.4 Å². The molecule has 12 heteroatoms. The summed E-state index contributed by atoms with van der Waals surface area (Å²) in [7, 11) is 0. The van der Waals surface area contributed by atoms with Crippen molar-refractivity contribution in [2.24, 2.45) is 0 Å². The molecule has 1 aliphatic heterocycles. The summed E-state index contributed by atoms with van der Waals surface area (Å²) in [4.78, 5) is 14.8. The van der Waals surface area contributed by atoms with Gasteiger partial charge < -0.3 is 15.0 Å². The summed E-state index contributed by atoms with van der Waals surface area (Å²) in [6.45, 7) is 5.99. The van der Waals surface area contributed by atoms with Crippen molar-refractivity contribution in [2.75, 3.05) is 41.9 Å². The molecule has 4 rings (SSSR count). The molecule has 198 valence electrons. The van der Waals surface area contributed by atoms with Gasteiger partial charge >= 0.3 is 6.18 Å². The van der Waals surface area contributed by atoms with Crippen LogP contribution in [0.15, 0.2) is 42.6 Å². The normalized spacial score (nSPS) is 14.9. The number of pyridine rings is 1. The Hall–Kier alpha value is -3.51. The molecule has 1 aromatic carbocycles. The van der Waals surface area contributed by atoms with Crippen molar-refractivity contribution >= 4 is 23.1 Å². The molecule has 1 saturated heterocycles. The van der Waals surface area contributed by atoms with Crippen molar-refractivity contribution in [3.63, 3.8) is 0 Å². The Morgan fingerprint density at radius 3 is 2.62 bits per heavy atom. The van der Waals surface area contributed by atoms with Gasteiger partial charge in [0.25, 0.3) is 0 Å². The molecule has 0 spiro atoms. The fraction of sp³-hybridized carbons (Fsp3) is 0.400. The lowest BCUT2D eigenvalue weighted by Gasteiger charge is -2.28. The SMILES string of the molecule is CCCc1nc(C(C)NNc2ncc(F)c(N3CCOCC3)n2)ccc1Nc1cccc(C(F)(F)F)c1. The first-order valence-electron chi connectivity index (χ1n) is 12.1. The van der Waals surface area contributed by atoms with E-state index in [4.69, 9.17) is 9.72 Å². The van der Waals surface area contributed by atoms with Crippen LogP contribution < -0.4 is 21.1 Å². The van der Waals surface area contributed by atoms with Gasteiger partial charge in [0.2, 0.25) is 5.95 Å². The standard InChI is InChI=1S/C25H29F4N7O/c1-3-5-21-22(31-18-7-4-6-17(14-18)25(27,28)29)9-8-20(32-21)16(2)34-35-24-30-15-19(26)23(33-24)36-10-12-37-13-11-36/h4,6-9,14-16,31,34H,3,5,10-13H2,1-2H3,(H,30,33,35). The highest BCUT2D eigenvalue weighted by molar-refractivity contribution is 5.63. The molecule has 1 atom stereocenters. The van der Waals surface area contributed by atoms with Gasteiger partial charge in [0, 0.05) is 18.8 Å². The number of hydrazine groups is 1. The molecule has 1 aliphatic rings. The second-order valence-corrected chi connectivity index (χ2v) is 8.64. The molecule has 1 fully saturated rings. The first-order chi connectivity index (χ1) is 17.7. The van der Waals surface area contributed by atoms with Crippen LogP contribution in [-0.2, 0) is 17.3 Å². The highest BCUT2D eigenvalue weighted by Gasteiger charge is 2.30. The lowest BCUT2D eigenvalue weighted by atomic mass is 10.1. The average molecular weight is 520 g/mol. The number of aryl methyl sites for hydroxylation is 1. The number of nitrogens with zero attached hydrogens (tertiary/aromatic N) is 4. The van der Waals surface area contributed by atoms with Crippen LogP contribution in [0, 0.1) is 5.82 Å². The van der Waals surface area contributed by atoms with Gasteiger partial charge in [-0.1, -0.05) is 19.4 Å². The molecule has 2 aromatic heterocycles. The molecular weight excluding hydrogens is 490 g/mol. The van der Waals surface area contributed by atoms with Gasteiger partial charge in [-0.2, -0.15) is 18.2 Å². The quantitative estimate of drug-likeness (QED) is 0.261. The van der Waals surface area contributed by atoms with Gasteiger partial charge in [-0.3, -0.25) is 10.4 Å². The summed E-state index contributed by atoms with van der Waals surface area (Å²) in [6, 6.07) is 8.38. The number of hydrogen-bond acceptors (Lipinski definition) is 8. The summed E-state index contributed by atoms with van der Waals surface area (Å²) in [6.07, 6.45) is -1.85. The van der Waals surface area contributed by atoms with Crippen molar-refractivity contribution in [3.8, 4) is 0 Å². The first-order valence-corrected chi connectivity index (χ1v) is 12.1. The third-order valence-electron chi connectivity index (χ3n) is 5.83. The average Bonchev–Trinajstić information content (AvgIpc) is 2.89. The van der Waals surface area contributed by atoms with Crippen LogP contribution in [0.3, 0.4) is 0 Å². The number of halogens is 4. The molecule has 3 heterocycles. The second-order valence-electron chi connectivity index (χ2n) is 8.64. The van der Waals surface area contributed by atoms with Crippen LogP contribution in [-0.4, -0.2) is 41.3 Å². The molecule has 37 heavy (non-hydrogen) atoms.